The van der Waals surface area contributed by atoms with Gasteiger partial charge in [-0.05, 0) is 25.1 Å². The van der Waals surface area contributed by atoms with Crippen LogP contribution in [0.2, 0.25) is 0 Å². The zero-order valence-electron chi connectivity index (χ0n) is 11.4. The average Bonchev–Trinajstić information content (AvgIpc) is 2.97. The van der Waals surface area contributed by atoms with Crippen molar-refractivity contribution in [1.29, 1.82) is 0 Å². The third kappa shape index (κ3) is 3.73. The first-order chi connectivity index (χ1) is 10.3. The Kier molecular flexibility index (Phi) is 4.65. The molecule has 0 radical (unpaired) electrons. The fourth-order valence-corrected chi connectivity index (χ4v) is 2.31. The van der Waals surface area contributed by atoms with Gasteiger partial charge >= 0.3 is 18.1 Å². The molecule has 1 saturated heterocycles. The third-order valence-corrected chi connectivity index (χ3v) is 3.37. The third-order valence-electron chi connectivity index (χ3n) is 3.37. The summed E-state index contributed by atoms with van der Waals surface area (Å²) in [6.07, 6.45) is -3.38. The molecule has 1 amide bonds. The number of alkyl halides is 3. The number of hydrogen-bond acceptors (Lipinski definition) is 4. The second-order valence-corrected chi connectivity index (χ2v) is 4.92. The molecule has 0 spiro atoms. The quantitative estimate of drug-likeness (QED) is 0.867. The molecule has 9 heteroatoms. The van der Waals surface area contributed by atoms with E-state index in [4.69, 9.17) is 5.11 Å². The van der Waals surface area contributed by atoms with Crippen molar-refractivity contribution in [1.82, 2.24) is 15.2 Å². The molecule has 2 heterocycles. The summed E-state index contributed by atoms with van der Waals surface area (Å²) in [7, 11) is 0. The van der Waals surface area contributed by atoms with Crippen LogP contribution in [0, 0.1) is 0 Å². The number of nitrogens with one attached hydrogen (secondary N) is 1. The van der Waals surface area contributed by atoms with Crippen molar-refractivity contribution >= 4 is 11.9 Å². The van der Waals surface area contributed by atoms with E-state index in [1.54, 1.807) is 0 Å². The Bertz CT molecular complexity index is 571. The average molecular weight is 317 g/mol. The molecule has 1 aliphatic rings. The van der Waals surface area contributed by atoms with Crippen molar-refractivity contribution in [2.75, 3.05) is 13.1 Å². The van der Waals surface area contributed by atoms with Gasteiger partial charge in [0.05, 0.1) is 17.8 Å². The summed E-state index contributed by atoms with van der Waals surface area (Å²) < 4.78 is 38.2. The van der Waals surface area contributed by atoms with Gasteiger partial charge in [0.1, 0.15) is 0 Å². The van der Waals surface area contributed by atoms with Gasteiger partial charge in [-0.25, -0.2) is 4.79 Å². The number of carboxylic acid groups (broad SMARTS) is 1. The molecule has 22 heavy (non-hydrogen) atoms. The second kappa shape index (κ2) is 6.30. The molecule has 2 rings (SSSR count). The first-order valence-corrected chi connectivity index (χ1v) is 6.56. The Labute approximate surface area is 123 Å². The highest BCUT2D eigenvalue weighted by molar-refractivity contribution is 5.87. The maximum absolute atomic E-state index is 12.7. The molecule has 120 valence electrons. The van der Waals surface area contributed by atoms with Crippen molar-refractivity contribution in [2.24, 2.45) is 0 Å². The fraction of sp³-hybridized carbons (Fsp3) is 0.462. The molecule has 1 aromatic rings. The minimum absolute atomic E-state index is 0.0889. The van der Waals surface area contributed by atoms with Crippen molar-refractivity contribution in [3.63, 3.8) is 0 Å². The monoisotopic (exact) mass is 317 g/mol. The highest BCUT2D eigenvalue weighted by Gasteiger charge is 2.45. The SMILES string of the molecule is O=C(O)c1ccnc(CN(C(=O)C(F)(F)F)[C@@H]2CCNC2)c1. The number of pyridine rings is 1. The molecular formula is C13H14F3N3O3. The standard InChI is InChI=1S/C13H14F3N3O3/c14-13(15,16)12(22)19(10-2-3-17-6-10)7-9-5-8(11(20)21)1-4-18-9/h1,4-5,10,17H,2-3,6-7H2,(H,20,21)/t10-/m1/s1. The Morgan fingerprint density at radius 3 is 2.73 bits per heavy atom. The van der Waals surface area contributed by atoms with Crippen molar-refractivity contribution < 1.29 is 27.9 Å². The smallest absolute Gasteiger partial charge is 0.471 e. The van der Waals surface area contributed by atoms with Gasteiger partial charge in [0.15, 0.2) is 0 Å². The van der Waals surface area contributed by atoms with Crippen LogP contribution in [0.5, 0.6) is 0 Å². The van der Waals surface area contributed by atoms with Crippen LogP contribution in [0.4, 0.5) is 13.2 Å². The number of carbonyl (C=O) groups is 2. The molecule has 0 aliphatic carbocycles. The van der Waals surface area contributed by atoms with Crippen LogP contribution in [-0.2, 0) is 11.3 Å². The highest BCUT2D eigenvalue weighted by atomic mass is 19.4. The number of hydrogen-bond donors (Lipinski definition) is 2. The van der Waals surface area contributed by atoms with E-state index in [1.165, 1.54) is 18.3 Å². The second-order valence-electron chi connectivity index (χ2n) is 4.92. The zero-order chi connectivity index (χ0) is 16.3. The summed E-state index contributed by atoms with van der Waals surface area (Å²) in [6, 6.07) is 1.81. The van der Waals surface area contributed by atoms with E-state index in [0.717, 1.165) is 0 Å². The summed E-state index contributed by atoms with van der Waals surface area (Å²) in [5, 5.41) is 11.8. The van der Waals surface area contributed by atoms with E-state index in [0.29, 0.717) is 17.9 Å². The predicted molar refractivity (Wildman–Crippen MR) is 69.1 cm³/mol. The van der Waals surface area contributed by atoms with Gasteiger partial charge in [-0.3, -0.25) is 9.78 Å². The first-order valence-electron chi connectivity index (χ1n) is 6.56. The van der Waals surface area contributed by atoms with Crippen LogP contribution in [0.25, 0.3) is 0 Å². The van der Waals surface area contributed by atoms with E-state index in [2.05, 4.69) is 10.3 Å². The lowest BCUT2D eigenvalue weighted by Crippen LogP contribution is -2.47. The van der Waals surface area contributed by atoms with E-state index >= 15 is 0 Å². The number of carboxylic acids is 1. The number of aromatic nitrogens is 1. The van der Waals surface area contributed by atoms with E-state index in [9.17, 15) is 22.8 Å². The van der Waals surface area contributed by atoms with Crippen molar-refractivity contribution in [2.45, 2.75) is 25.2 Å². The minimum Gasteiger partial charge on any atom is -0.478 e. The normalized spacial score (nSPS) is 18.2. The van der Waals surface area contributed by atoms with Crippen LogP contribution in [0.1, 0.15) is 22.5 Å². The summed E-state index contributed by atoms with van der Waals surface area (Å²) in [5.41, 5.74) is 0.0124. The number of nitrogens with zero attached hydrogens (tertiary/aromatic N) is 2. The minimum atomic E-state index is -4.98. The largest absolute Gasteiger partial charge is 0.478 e. The maximum atomic E-state index is 12.7. The number of amides is 1. The Morgan fingerprint density at radius 1 is 1.45 bits per heavy atom. The Balaban J connectivity index is 2.24. The molecule has 6 nitrogen and oxygen atoms in total. The van der Waals surface area contributed by atoms with E-state index in [-0.39, 0.29) is 24.3 Å². The maximum Gasteiger partial charge on any atom is 0.471 e. The number of aromatic carboxylic acids is 1. The lowest BCUT2D eigenvalue weighted by molar-refractivity contribution is -0.188. The van der Waals surface area contributed by atoms with E-state index in [1.807, 2.05) is 0 Å². The van der Waals surface area contributed by atoms with Crippen molar-refractivity contribution in [3.8, 4) is 0 Å². The van der Waals surface area contributed by atoms with Crippen LogP contribution >= 0.6 is 0 Å². The molecule has 1 aromatic heterocycles. The zero-order valence-corrected chi connectivity index (χ0v) is 11.4. The first kappa shape index (κ1) is 16.2. The van der Waals surface area contributed by atoms with Crippen LogP contribution in [0.15, 0.2) is 18.3 Å². The molecule has 0 aromatic carbocycles. The summed E-state index contributed by atoms with van der Waals surface area (Å²) >= 11 is 0. The highest BCUT2D eigenvalue weighted by Crippen LogP contribution is 2.23. The molecule has 0 unspecified atom stereocenters. The number of carbonyl (C=O) groups excluding carboxylic acids is 1. The Morgan fingerprint density at radius 2 is 2.18 bits per heavy atom. The molecular weight excluding hydrogens is 303 g/mol. The fourth-order valence-electron chi connectivity index (χ4n) is 2.31. The summed E-state index contributed by atoms with van der Waals surface area (Å²) in [4.78, 5) is 27.0. The molecule has 2 N–H and O–H groups in total. The van der Waals surface area contributed by atoms with Crippen LogP contribution < -0.4 is 5.32 Å². The van der Waals surface area contributed by atoms with Crippen LogP contribution in [-0.4, -0.2) is 52.2 Å². The molecule has 1 atom stereocenters. The van der Waals surface area contributed by atoms with Crippen molar-refractivity contribution in [3.05, 3.63) is 29.6 Å². The number of halogens is 3. The molecule has 0 saturated carbocycles. The van der Waals surface area contributed by atoms with E-state index < -0.39 is 24.1 Å². The van der Waals surface area contributed by atoms with Gasteiger partial charge in [0, 0.05) is 18.8 Å². The molecule has 1 fully saturated rings. The lowest BCUT2D eigenvalue weighted by Gasteiger charge is -2.29. The van der Waals surface area contributed by atoms with Gasteiger partial charge in [-0.1, -0.05) is 0 Å². The molecule has 0 bridgehead atoms. The predicted octanol–water partition coefficient (Wildman–Crippen LogP) is 1.03. The van der Waals surface area contributed by atoms with Gasteiger partial charge in [0.25, 0.3) is 0 Å². The van der Waals surface area contributed by atoms with Gasteiger partial charge in [0.2, 0.25) is 0 Å². The lowest BCUT2D eigenvalue weighted by atomic mass is 10.1. The van der Waals surface area contributed by atoms with Gasteiger partial charge in [-0.2, -0.15) is 13.2 Å². The topological polar surface area (TPSA) is 82.5 Å². The van der Waals surface area contributed by atoms with Crippen LogP contribution in [0.3, 0.4) is 0 Å². The van der Waals surface area contributed by atoms with Gasteiger partial charge < -0.3 is 15.3 Å². The Hall–Kier alpha value is -2.16. The molecule has 1 aliphatic heterocycles. The summed E-state index contributed by atoms with van der Waals surface area (Å²) in [5.74, 6) is -3.15. The summed E-state index contributed by atoms with van der Waals surface area (Å²) in [6.45, 7) is 0.404. The number of rotatable bonds is 4. The van der Waals surface area contributed by atoms with Gasteiger partial charge in [-0.15, -0.1) is 0 Å².